The van der Waals surface area contributed by atoms with E-state index in [0.717, 1.165) is 36.0 Å². The molecule has 0 spiro atoms. The number of fused-ring (bicyclic) bond motifs is 1. The Morgan fingerprint density at radius 1 is 1.13 bits per heavy atom. The van der Waals surface area contributed by atoms with E-state index in [2.05, 4.69) is 25.0 Å². The summed E-state index contributed by atoms with van der Waals surface area (Å²) in [5, 5.41) is 5.37. The maximum absolute atomic E-state index is 12.8. The van der Waals surface area contributed by atoms with E-state index in [1.165, 1.54) is 0 Å². The molecule has 4 aromatic rings. The molecule has 2 N–H and O–H groups in total. The maximum atomic E-state index is 12.8. The average Bonchev–Trinajstić information content (AvgIpc) is 3.19. The molecular weight excluding hydrogens is 394 g/mol. The van der Waals surface area contributed by atoms with Gasteiger partial charge in [0, 0.05) is 44.0 Å². The average molecular weight is 417 g/mol. The predicted octanol–water partition coefficient (Wildman–Crippen LogP) is 1.21. The van der Waals surface area contributed by atoms with Gasteiger partial charge in [0.05, 0.1) is 35.5 Å². The first-order chi connectivity index (χ1) is 15.0. The van der Waals surface area contributed by atoms with Crippen LogP contribution in [0.3, 0.4) is 0 Å². The van der Waals surface area contributed by atoms with Gasteiger partial charge in [-0.2, -0.15) is 5.10 Å². The van der Waals surface area contributed by atoms with Gasteiger partial charge in [-0.05, 0) is 25.8 Å². The van der Waals surface area contributed by atoms with Crippen LogP contribution in [0.15, 0.2) is 41.8 Å². The number of nitrogens with two attached hydrogens (primary N) is 1. The summed E-state index contributed by atoms with van der Waals surface area (Å²) in [5.74, 6) is 0.955. The second kappa shape index (κ2) is 7.55. The van der Waals surface area contributed by atoms with E-state index in [4.69, 9.17) is 5.73 Å². The van der Waals surface area contributed by atoms with Crippen molar-refractivity contribution in [3.05, 3.63) is 53.1 Å². The fraction of sp³-hybridized carbons (Fsp3) is 0.333. The van der Waals surface area contributed by atoms with Crippen molar-refractivity contribution in [2.75, 3.05) is 18.0 Å². The standard InChI is InChI=1S/C21H23N9O/c1-13-7-23-10-17(26-13)16-6-18-14(8-24-16)9-25-30(18)19-12-28(2)21(31)20(27-19)29-5-3-4-15(22)11-29/h6-10,12,15H,3-5,11,22H2,1-2H3. The van der Waals surface area contributed by atoms with E-state index >= 15 is 0 Å². The summed E-state index contributed by atoms with van der Waals surface area (Å²) in [5.41, 5.74) is 8.99. The summed E-state index contributed by atoms with van der Waals surface area (Å²) in [6.07, 6.45) is 10.5. The topological polar surface area (TPSA) is 121 Å². The molecule has 10 heteroatoms. The molecule has 1 fully saturated rings. The molecule has 1 atom stereocenters. The minimum atomic E-state index is -0.147. The predicted molar refractivity (Wildman–Crippen MR) is 117 cm³/mol. The number of aromatic nitrogens is 7. The Kier molecular flexibility index (Phi) is 4.70. The van der Waals surface area contributed by atoms with Gasteiger partial charge in [-0.3, -0.25) is 14.8 Å². The lowest BCUT2D eigenvalue weighted by Gasteiger charge is -2.31. The molecule has 1 saturated heterocycles. The maximum Gasteiger partial charge on any atom is 0.293 e. The van der Waals surface area contributed by atoms with Gasteiger partial charge in [0.2, 0.25) is 0 Å². The van der Waals surface area contributed by atoms with Crippen LogP contribution in [0.4, 0.5) is 5.82 Å². The zero-order valence-corrected chi connectivity index (χ0v) is 17.4. The van der Waals surface area contributed by atoms with Crippen LogP contribution < -0.4 is 16.2 Å². The van der Waals surface area contributed by atoms with Crippen molar-refractivity contribution in [1.29, 1.82) is 0 Å². The third kappa shape index (κ3) is 3.55. The van der Waals surface area contributed by atoms with Gasteiger partial charge in [0.25, 0.3) is 5.56 Å². The summed E-state index contributed by atoms with van der Waals surface area (Å²) in [6, 6.07) is 1.95. The molecule has 0 aromatic carbocycles. The summed E-state index contributed by atoms with van der Waals surface area (Å²) in [7, 11) is 1.72. The van der Waals surface area contributed by atoms with Gasteiger partial charge in [-0.15, -0.1) is 0 Å². The Balaban J connectivity index is 1.62. The van der Waals surface area contributed by atoms with Crippen LogP contribution in [-0.2, 0) is 7.05 Å². The highest BCUT2D eigenvalue weighted by atomic mass is 16.1. The summed E-state index contributed by atoms with van der Waals surface area (Å²) >= 11 is 0. The minimum Gasteiger partial charge on any atom is -0.350 e. The second-order valence-electron chi connectivity index (χ2n) is 7.92. The SMILES string of the molecule is Cc1cncc(-c2cc3c(cn2)cnn3-c2cn(C)c(=O)c(N3CCCC(N)C3)n2)n1. The zero-order valence-electron chi connectivity index (χ0n) is 17.4. The highest BCUT2D eigenvalue weighted by molar-refractivity contribution is 5.82. The van der Waals surface area contributed by atoms with E-state index in [9.17, 15) is 4.79 Å². The van der Waals surface area contributed by atoms with Gasteiger partial charge < -0.3 is 15.2 Å². The second-order valence-corrected chi connectivity index (χ2v) is 7.92. The number of piperidine rings is 1. The number of rotatable bonds is 3. The van der Waals surface area contributed by atoms with Crippen LogP contribution in [0, 0.1) is 6.92 Å². The molecule has 1 aliphatic heterocycles. The quantitative estimate of drug-likeness (QED) is 0.528. The first-order valence-corrected chi connectivity index (χ1v) is 10.2. The molecule has 158 valence electrons. The molecule has 31 heavy (non-hydrogen) atoms. The number of nitrogens with zero attached hydrogens (tertiary/aromatic N) is 8. The number of anilines is 1. The summed E-state index contributed by atoms with van der Waals surface area (Å²) in [6.45, 7) is 3.27. The highest BCUT2D eigenvalue weighted by Gasteiger charge is 2.22. The summed E-state index contributed by atoms with van der Waals surface area (Å²) < 4.78 is 3.26. The molecule has 0 amide bonds. The van der Waals surface area contributed by atoms with E-state index in [1.54, 1.807) is 47.3 Å². The Labute approximate surface area is 178 Å². The van der Waals surface area contributed by atoms with Crippen LogP contribution in [0.1, 0.15) is 18.5 Å². The monoisotopic (exact) mass is 417 g/mol. The third-order valence-corrected chi connectivity index (χ3v) is 5.49. The molecule has 0 aliphatic carbocycles. The van der Waals surface area contributed by atoms with Gasteiger partial charge in [0.1, 0.15) is 5.69 Å². The van der Waals surface area contributed by atoms with E-state index < -0.39 is 0 Å². The van der Waals surface area contributed by atoms with Crippen molar-refractivity contribution in [3.8, 4) is 17.2 Å². The first-order valence-electron chi connectivity index (χ1n) is 10.2. The fourth-order valence-corrected chi connectivity index (χ4v) is 3.92. The number of pyridine rings is 1. The Morgan fingerprint density at radius 2 is 2.00 bits per heavy atom. The molecule has 5 heterocycles. The summed E-state index contributed by atoms with van der Waals surface area (Å²) in [4.78, 5) is 32.7. The van der Waals surface area contributed by atoms with E-state index in [1.807, 2.05) is 17.9 Å². The number of hydrogen-bond donors (Lipinski definition) is 1. The van der Waals surface area contributed by atoms with Crippen molar-refractivity contribution < 1.29 is 0 Å². The van der Waals surface area contributed by atoms with Crippen LogP contribution in [0.2, 0.25) is 0 Å². The third-order valence-electron chi connectivity index (χ3n) is 5.49. The molecule has 1 aliphatic rings. The molecule has 0 radical (unpaired) electrons. The molecule has 10 nitrogen and oxygen atoms in total. The minimum absolute atomic E-state index is 0.0403. The zero-order chi connectivity index (χ0) is 21.5. The lowest BCUT2D eigenvalue weighted by atomic mass is 10.1. The largest absolute Gasteiger partial charge is 0.350 e. The number of hydrogen-bond acceptors (Lipinski definition) is 8. The number of aryl methyl sites for hydroxylation is 2. The fourth-order valence-electron chi connectivity index (χ4n) is 3.92. The van der Waals surface area contributed by atoms with Gasteiger partial charge >= 0.3 is 0 Å². The smallest absolute Gasteiger partial charge is 0.293 e. The molecular formula is C21H23N9O. The van der Waals surface area contributed by atoms with Crippen LogP contribution in [0.5, 0.6) is 0 Å². The van der Waals surface area contributed by atoms with Gasteiger partial charge in [-0.25, -0.2) is 14.6 Å². The Bertz CT molecular complexity index is 1330. The molecule has 0 bridgehead atoms. The normalized spacial score (nSPS) is 16.7. The van der Waals surface area contributed by atoms with E-state index in [-0.39, 0.29) is 11.6 Å². The lowest BCUT2D eigenvalue weighted by Crippen LogP contribution is -2.45. The van der Waals surface area contributed by atoms with Crippen LogP contribution in [-0.4, -0.2) is 53.4 Å². The van der Waals surface area contributed by atoms with Crippen molar-refractivity contribution in [2.24, 2.45) is 12.8 Å². The van der Waals surface area contributed by atoms with Crippen molar-refractivity contribution in [2.45, 2.75) is 25.8 Å². The van der Waals surface area contributed by atoms with Crippen LogP contribution >= 0.6 is 0 Å². The lowest BCUT2D eigenvalue weighted by molar-refractivity contribution is 0.500. The highest BCUT2D eigenvalue weighted by Crippen LogP contribution is 2.23. The van der Waals surface area contributed by atoms with Gasteiger partial charge in [0.15, 0.2) is 11.6 Å². The molecule has 1 unspecified atom stereocenters. The molecule has 5 rings (SSSR count). The Morgan fingerprint density at radius 3 is 2.81 bits per heavy atom. The van der Waals surface area contributed by atoms with E-state index in [0.29, 0.717) is 29.6 Å². The van der Waals surface area contributed by atoms with Crippen molar-refractivity contribution in [1.82, 2.24) is 34.3 Å². The Hall–Kier alpha value is -3.66. The van der Waals surface area contributed by atoms with Gasteiger partial charge in [-0.1, -0.05) is 0 Å². The molecule has 4 aromatic heterocycles. The molecule has 0 saturated carbocycles. The first kappa shape index (κ1) is 19.3. The van der Waals surface area contributed by atoms with Crippen molar-refractivity contribution >= 4 is 16.7 Å². The van der Waals surface area contributed by atoms with Crippen molar-refractivity contribution in [3.63, 3.8) is 0 Å². The van der Waals surface area contributed by atoms with Crippen LogP contribution in [0.25, 0.3) is 28.1 Å².